The first-order valence-electron chi connectivity index (χ1n) is 21.1. The van der Waals surface area contributed by atoms with Crippen molar-refractivity contribution in [2.24, 2.45) is 9.98 Å². The van der Waals surface area contributed by atoms with Gasteiger partial charge in [0, 0.05) is 46.7 Å². The number of nitrogens with zero attached hydrogens (tertiary/aromatic N) is 9. The highest BCUT2D eigenvalue weighted by molar-refractivity contribution is 7.44. The number of benzene rings is 3. The number of H-pyrrole nitrogens is 1. The third-order valence-corrected chi connectivity index (χ3v) is 12.5. The molecule has 17 nitrogen and oxygen atoms in total. The summed E-state index contributed by atoms with van der Waals surface area (Å²) in [6, 6.07) is 27.9. The van der Waals surface area contributed by atoms with Gasteiger partial charge in [-0.25, -0.2) is 19.6 Å². The van der Waals surface area contributed by atoms with Gasteiger partial charge in [0.15, 0.2) is 11.2 Å². The number of hydrogen-bond donors (Lipinski definition) is 1. The predicted molar refractivity (Wildman–Crippen MR) is 249 cm³/mol. The molecule has 4 unspecified atom stereocenters. The van der Waals surface area contributed by atoms with Crippen molar-refractivity contribution < 1.29 is 28.0 Å². The normalized spacial score (nSPS) is 17.3. The van der Waals surface area contributed by atoms with Gasteiger partial charge in [0.25, 0.3) is 14.1 Å². The average Bonchev–Trinajstić information content (AvgIpc) is 3.86. The van der Waals surface area contributed by atoms with Gasteiger partial charge in [0.2, 0.25) is 11.9 Å². The lowest BCUT2D eigenvalue weighted by atomic mass is 9.80. The molecule has 64 heavy (non-hydrogen) atoms. The van der Waals surface area contributed by atoms with E-state index in [1.54, 1.807) is 41.3 Å². The molecule has 1 N–H and O–H groups in total. The zero-order valence-electron chi connectivity index (χ0n) is 38.2. The number of aliphatic imine (C=N–C) groups is 2. The van der Waals surface area contributed by atoms with E-state index in [4.69, 9.17) is 33.0 Å². The SMILES string of the molecule is COc1ccc(C(OCC2OC(n3c(N=CN(C)C)nc4c(=O)[nH]c(N=CN(C)C)nc43)CC2OP(OCCC#N)N(C(C)C)C(C)C)(c2ccccc2)c2ccc(OC)cc2)cc1. The maximum absolute atomic E-state index is 13.6. The monoisotopic (exact) mass is 894 g/mol. The highest BCUT2D eigenvalue weighted by atomic mass is 31.2. The van der Waals surface area contributed by atoms with Crippen LogP contribution < -0.4 is 15.0 Å². The van der Waals surface area contributed by atoms with E-state index in [-0.39, 0.29) is 61.2 Å². The number of aromatic amines is 1. The molecular weight excluding hydrogens is 836 g/mol. The van der Waals surface area contributed by atoms with Crippen LogP contribution in [0.25, 0.3) is 11.2 Å². The third-order valence-electron chi connectivity index (χ3n) is 10.3. The van der Waals surface area contributed by atoms with Crippen LogP contribution in [0.3, 0.4) is 0 Å². The van der Waals surface area contributed by atoms with Crippen molar-refractivity contribution in [1.29, 1.82) is 5.26 Å². The Balaban J connectivity index is 1.52. The van der Waals surface area contributed by atoms with Gasteiger partial charge < -0.3 is 37.8 Å². The predicted octanol–water partition coefficient (Wildman–Crippen LogP) is 7.54. The summed E-state index contributed by atoms with van der Waals surface area (Å²) < 4.78 is 43.1. The van der Waals surface area contributed by atoms with Crippen molar-refractivity contribution in [3.63, 3.8) is 0 Å². The zero-order valence-corrected chi connectivity index (χ0v) is 39.1. The standard InChI is InChI=1S/C46H59N10O7P/c1-31(2)56(32(3)4)64(61-26-14-25-47)63-38-27-40(55-42-41(50-45(55)49-30-54(7)8)43(57)52-44(51-42)48-29-53(5)6)62-39(38)28-60-46(33-15-12-11-13-16-33,34-17-21-36(58-9)22-18-34)35-19-23-37(59-10)24-20-35/h11-13,15-24,29-32,38-40H,14,26-28H2,1-10H3,(H,51,52,57). The molecule has 0 aliphatic carbocycles. The number of fused-ring (bicyclic) bond motifs is 1. The summed E-state index contributed by atoms with van der Waals surface area (Å²) >= 11 is 0. The lowest BCUT2D eigenvalue weighted by Gasteiger charge is -2.39. The molecule has 18 heteroatoms. The number of rotatable bonds is 21. The Morgan fingerprint density at radius 3 is 2.02 bits per heavy atom. The Labute approximate surface area is 376 Å². The second-order valence-electron chi connectivity index (χ2n) is 16.1. The highest BCUT2D eigenvalue weighted by Gasteiger charge is 2.46. The van der Waals surface area contributed by atoms with Gasteiger partial charge in [0.1, 0.15) is 29.4 Å². The number of ether oxygens (including phenoxy) is 4. The van der Waals surface area contributed by atoms with E-state index in [9.17, 15) is 10.1 Å². The summed E-state index contributed by atoms with van der Waals surface area (Å²) in [7, 11) is 8.87. The first-order valence-corrected chi connectivity index (χ1v) is 22.2. The summed E-state index contributed by atoms with van der Waals surface area (Å²) in [6.07, 6.45) is 1.44. The summed E-state index contributed by atoms with van der Waals surface area (Å²) in [6.45, 7) is 8.56. The van der Waals surface area contributed by atoms with Crippen molar-refractivity contribution in [3.05, 3.63) is 106 Å². The van der Waals surface area contributed by atoms with E-state index in [0.717, 1.165) is 16.7 Å². The Morgan fingerprint density at radius 2 is 1.47 bits per heavy atom. The largest absolute Gasteiger partial charge is 0.497 e. The molecule has 0 bridgehead atoms. The summed E-state index contributed by atoms with van der Waals surface area (Å²) in [4.78, 5) is 38.3. The average molecular weight is 895 g/mol. The van der Waals surface area contributed by atoms with E-state index < -0.39 is 38.1 Å². The van der Waals surface area contributed by atoms with Crippen LogP contribution in [0.15, 0.2) is 93.6 Å². The van der Waals surface area contributed by atoms with Crippen LogP contribution in [0.5, 0.6) is 11.5 Å². The second kappa shape index (κ2) is 21.8. The molecule has 0 spiro atoms. The number of aromatic nitrogens is 4. The second-order valence-corrected chi connectivity index (χ2v) is 17.5. The molecule has 5 aromatic rings. The molecule has 2 aromatic heterocycles. The van der Waals surface area contributed by atoms with E-state index in [1.165, 1.54) is 0 Å². The zero-order chi connectivity index (χ0) is 46.0. The quantitative estimate of drug-likeness (QED) is 0.0252. The highest BCUT2D eigenvalue weighted by Crippen LogP contribution is 2.51. The van der Waals surface area contributed by atoms with Gasteiger partial charge >= 0.3 is 0 Å². The minimum Gasteiger partial charge on any atom is -0.497 e. The molecule has 0 amide bonds. The molecular formula is C46H59N10O7P. The third kappa shape index (κ3) is 11.0. The van der Waals surface area contributed by atoms with Crippen molar-refractivity contribution in [2.75, 3.05) is 55.6 Å². The molecule has 1 saturated heterocycles. The molecule has 0 radical (unpaired) electrons. The molecule has 1 aliphatic heterocycles. The number of imidazole rings is 1. The fourth-order valence-electron chi connectivity index (χ4n) is 7.53. The van der Waals surface area contributed by atoms with Gasteiger partial charge in [-0.2, -0.15) is 10.2 Å². The molecule has 0 saturated carbocycles. The van der Waals surface area contributed by atoms with Crippen LogP contribution in [-0.2, 0) is 24.1 Å². The molecule has 340 valence electrons. The van der Waals surface area contributed by atoms with Crippen molar-refractivity contribution in [2.45, 2.75) is 76.7 Å². The van der Waals surface area contributed by atoms with E-state index in [1.807, 2.05) is 107 Å². The fourth-order valence-corrected chi connectivity index (χ4v) is 9.28. The van der Waals surface area contributed by atoms with Crippen LogP contribution in [0.1, 0.15) is 63.5 Å². The van der Waals surface area contributed by atoms with E-state index in [2.05, 4.69) is 58.4 Å². The first-order chi connectivity index (χ1) is 30.8. The maximum atomic E-state index is 13.6. The molecule has 6 rings (SSSR count). The lowest BCUT2D eigenvalue weighted by Crippen LogP contribution is -2.39. The molecule has 3 aromatic carbocycles. The minimum atomic E-state index is -1.73. The number of methoxy groups -OCH3 is 2. The van der Waals surface area contributed by atoms with Gasteiger partial charge in [-0.15, -0.1) is 0 Å². The lowest BCUT2D eigenvalue weighted by molar-refractivity contribution is -0.0909. The van der Waals surface area contributed by atoms with Crippen LogP contribution in [0, 0.1) is 11.3 Å². The van der Waals surface area contributed by atoms with Gasteiger partial charge in [-0.3, -0.25) is 14.3 Å². The fraction of sp³-hybridized carbons (Fsp3) is 0.435. The molecule has 1 aliphatic rings. The van der Waals surface area contributed by atoms with Gasteiger partial charge in [0.05, 0.1) is 58.7 Å². The van der Waals surface area contributed by atoms with Crippen molar-refractivity contribution in [1.82, 2.24) is 34.0 Å². The van der Waals surface area contributed by atoms with Crippen molar-refractivity contribution >= 4 is 44.3 Å². The summed E-state index contributed by atoms with van der Waals surface area (Å²) in [5, 5.41) is 9.49. The van der Waals surface area contributed by atoms with E-state index >= 15 is 0 Å². The van der Waals surface area contributed by atoms with Crippen LogP contribution in [0.2, 0.25) is 0 Å². The summed E-state index contributed by atoms with van der Waals surface area (Å²) in [5.41, 5.74) is 1.23. The number of nitrogens with one attached hydrogen (secondary N) is 1. The molecule has 4 atom stereocenters. The Hall–Kier alpha value is -5.73. The Kier molecular flexibility index (Phi) is 16.2. The molecule has 1 fully saturated rings. The van der Waals surface area contributed by atoms with E-state index in [0.29, 0.717) is 11.5 Å². The number of nitriles is 1. The van der Waals surface area contributed by atoms with Crippen LogP contribution in [-0.4, -0.2) is 127 Å². The summed E-state index contributed by atoms with van der Waals surface area (Å²) in [5.74, 6) is 1.69. The Bertz CT molecular complexity index is 2380. The maximum Gasteiger partial charge on any atom is 0.280 e. The minimum absolute atomic E-state index is 0.0220. The number of hydrogen-bond acceptors (Lipinski definition) is 13. The van der Waals surface area contributed by atoms with Crippen molar-refractivity contribution in [3.8, 4) is 17.6 Å². The van der Waals surface area contributed by atoms with Crippen LogP contribution >= 0.6 is 8.53 Å². The Morgan fingerprint density at radius 1 is 0.891 bits per heavy atom. The van der Waals surface area contributed by atoms with Gasteiger partial charge in [-0.05, 0) is 68.7 Å². The van der Waals surface area contributed by atoms with Crippen LogP contribution in [0.4, 0.5) is 11.9 Å². The smallest absolute Gasteiger partial charge is 0.280 e. The van der Waals surface area contributed by atoms with Gasteiger partial charge in [-0.1, -0.05) is 54.6 Å². The molecule has 3 heterocycles. The first kappa shape index (κ1) is 47.7. The topological polar surface area (TPSA) is 177 Å².